The fourth-order valence-electron chi connectivity index (χ4n) is 4.09. The lowest BCUT2D eigenvalue weighted by Crippen LogP contribution is -2.52. The Kier molecular flexibility index (Phi) is 8.73. The molecule has 1 saturated carbocycles. The van der Waals surface area contributed by atoms with E-state index < -0.39 is 37.3 Å². The van der Waals surface area contributed by atoms with Crippen molar-refractivity contribution in [1.29, 1.82) is 0 Å². The number of nitrogens with zero attached hydrogens (tertiary/aromatic N) is 1. The molecule has 2 aromatic rings. The summed E-state index contributed by atoms with van der Waals surface area (Å²) in [5.74, 6) is 0.343. The van der Waals surface area contributed by atoms with Gasteiger partial charge in [-0.1, -0.05) is 54.6 Å². The topological polar surface area (TPSA) is 41.9 Å². The SMILES string of the molecule is OC(CN(CC1(OC(F)(F)F)CCCCC1)c1cccc(Oc2cccc(Cl)c2Cl)c1)C(F)(F)F. The molecule has 0 amide bonds. The lowest BCUT2D eigenvalue weighted by atomic mass is 9.84. The molecule has 0 aliphatic heterocycles. The molecule has 2 aromatic carbocycles. The molecule has 3 rings (SSSR count). The van der Waals surface area contributed by atoms with E-state index in [1.165, 1.54) is 36.4 Å². The number of ether oxygens (including phenoxy) is 2. The zero-order valence-electron chi connectivity index (χ0n) is 18.3. The number of rotatable bonds is 8. The molecule has 0 radical (unpaired) electrons. The molecule has 12 heteroatoms. The third kappa shape index (κ3) is 7.80. The van der Waals surface area contributed by atoms with Crippen LogP contribution in [0.4, 0.5) is 32.0 Å². The van der Waals surface area contributed by atoms with E-state index in [0.717, 1.165) is 4.90 Å². The first kappa shape index (κ1) is 27.7. The molecule has 1 unspecified atom stereocenters. The van der Waals surface area contributed by atoms with Crippen LogP contribution in [-0.2, 0) is 4.74 Å². The van der Waals surface area contributed by atoms with Gasteiger partial charge in [-0.05, 0) is 37.1 Å². The van der Waals surface area contributed by atoms with E-state index in [1.54, 1.807) is 6.07 Å². The number of benzene rings is 2. The van der Waals surface area contributed by atoms with Crippen molar-refractivity contribution in [2.24, 2.45) is 0 Å². The lowest BCUT2D eigenvalue weighted by molar-refractivity contribution is -0.369. The number of alkyl halides is 6. The van der Waals surface area contributed by atoms with E-state index in [9.17, 15) is 31.4 Å². The summed E-state index contributed by atoms with van der Waals surface area (Å²) < 4.78 is 89.5. The molecule has 1 aliphatic carbocycles. The maximum atomic E-state index is 13.3. The second-order valence-electron chi connectivity index (χ2n) is 8.38. The summed E-state index contributed by atoms with van der Waals surface area (Å²) in [4.78, 5) is 1.04. The van der Waals surface area contributed by atoms with Crippen molar-refractivity contribution in [3.05, 3.63) is 52.5 Å². The normalized spacial score (nSPS) is 17.2. The molecule has 4 nitrogen and oxygen atoms in total. The van der Waals surface area contributed by atoms with Crippen LogP contribution in [-0.4, -0.2) is 42.4 Å². The van der Waals surface area contributed by atoms with Gasteiger partial charge >= 0.3 is 12.5 Å². The summed E-state index contributed by atoms with van der Waals surface area (Å²) in [5, 5.41) is 10.1. The maximum absolute atomic E-state index is 13.3. The van der Waals surface area contributed by atoms with E-state index in [2.05, 4.69) is 4.74 Å². The molecule has 0 aromatic heterocycles. The third-order valence-corrected chi connectivity index (χ3v) is 6.48. The van der Waals surface area contributed by atoms with Crippen molar-refractivity contribution >= 4 is 28.9 Å². The Hall–Kier alpha value is -1.88. The zero-order valence-corrected chi connectivity index (χ0v) is 19.8. The van der Waals surface area contributed by atoms with Crippen molar-refractivity contribution in [2.75, 3.05) is 18.0 Å². The Balaban J connectivity index is 1.94. The number of halogens is 8. The summed E-state index contributed by atoms with van der Waals surface area (Å²) >= 11 is 12.1. The van der Waals surface area contributed by atoms with Crippen LogP contribution in [0, 0.1) is 0 Å². The van der Waals surface area contributed by atoms with Gasteiger partial charge in [-0.15, -0.1) is 13.2 Å². The summed E-state index contributed by atoms with van der Waals surface area (Å²) in [7, 11) is 0. The molecule has 1 N–H and O–H groups in total. The highest BCUT2D eigenvalue weighted by atomic mass is 35.5. The molecule has 1 aliphatic rings. The Morgan fingerprint density at radius 1 is 0.971 bits per heavy atom. The number of anilines is 1. The van der Waals surface area contributed by atoms with Crippen LogP contribution in [0.25, 0.3) is 0 Å². The fourth-order valence-corrected chi connectivity index (χ4v) is 4.42. The molecule has 0 saturated heterocycles. The van der Waals surface area contributed by atoms with Crippen LogP contribution in [0.2, 0.25) is 10.0 Å². The van der Waals surface area contributed by atoms with Gasteiger partial charge in [-0.2, -0.15) is 13.2 Å². The van der Waals surface area contributed by atoms with Crippen LogP contribution in [0.5, 0.6) is 11.5 Å². The van der Waals surface area contributed by atoms with Gasteiger partial charge in [0.25, 0.3) is 0 Å². The van der Waals surface area contributed by atoms with E-state index in [1.807, 2.05) is 0 Å². The first-order valence-corrected chi connectivity index (χ1v) is 11.5. The van der Waals surface area contributed by atoms with Gasteiger partial charge in [0.15, 0.2) is 6.10 Å². The van der Waals surface area contributed by atoms with Crippen molar-refractivity contribution in [1.82, 2.24) is 0 Å². The number of aliphatic hydroxyl groups excluding tert-OH is 1. The monoisotopic (exact) mass is 545 g/mol. The van der Waals surface area contributed by atoms with Gasteiger partial charge in [-0.3, -0.25) is 4.74 Å². The van der Waals surface area contributed by atoms with Crippen molar-refractivity contribution in [3.8, 4) is 11.5 Å². The molecular weight excluding hydrogens is 523 g/mol. The van der Waals surface area contributed by atoms with Crippen LogP contribution in [0.1, 0.15) is 32.1 Å². The van der Waals surface area contributed by atoms with Crippen molar-refractivity contribution in [2.45, 2.75) is 56.3 Å². The first-order chi connectivity index (χ1) is 16.3. The van der Waals surface area contributed by atoms with Crippen LogP contribution in [0.3, 0.4) is 0 Å². The zero-order chi connectivity index (χ0) is 25.9. The van der Waals surface area contributed by atoms with Crippen molar-refractivity contribution < 1.29 is 40.9 Å². The number of aliphatic hydroxyl groups is 1. The molecular formula is C23H23Cl2F6NO3. The Morgan fingerprint density at radius 3 is 2.26 bits per heavy atom. The third-order valence-electron chi connectivity index (χ3n) is 5.67. The van der Waals surface area contributed by atoms with E-state index in [0.29, 0.717) is 19.3 Å². The lowest BCUT2D eigenvalue weighted by Gasteiger charge is -2.42. The van der Waals surface area contributed by atoms with E-state index in [4.69, 9.17) is 27.9 Å². The van der Waals surface area contributed by atoms with Crippen LogP contribution in [0.15, 0.2) is 42.5 Å². The fraction of sp³-hybridized carbons (Fsp3) is 0.478. The molecule has 0 spiro atoms. The smallest absolute Gasteiger partial charge is 0.456 e. The average Bonchev–Trinajstić information content (AvgIpc) is 2.75. The highest BCUT2D eigenvalue weighted by molar-refractivity contribution is 6.42. The first-order valence-electron chi connectivity index (χ1n) is 10.8. The number of hydrogen-bond acceptors (Lipinski definition) is 4. The predicted molar refractivity (Wildman–Crippen MR) is 120 cm³/mol. The summed E-state index contributed by atoms with van der Waals surface area (Å²) in [5.41, 5.74) is -1.64. The van der Waals surface area contributed by atoms with Crippen LogP contribution < -0.4 is 9.64 Å². The van der Waals surface area contributed by atoms with Gasteiger partial charge in [0.2, 0.25) is 0 Å². The molecule has 0 bridgehead atoms. The Labute approximate surface area is 208 Å². The van der Waals surface area contributed by atoms with Crippen molar-refractivity contribution in [3.63, 3.8) is 0 Å². The molecule has 194 valence electrons. The standard InChI is InChI=1S/C23H23Cl2F6NO3/c24-17-8-5-9-18(20(17)25)34-16-7-4-6-15(12-16)32(13-19(33)22(26,27)28)14-21(35-23(29,30)31)10-2-1-3-11-21/h4-9,12,19,33H,1-3,10-11,13-14H2. The molecule has 1 fully saturated rings. The minimum Gasteiger partial charge on any atom is -0.456 e. The second-order valence-corrected chi connectivity index (χ2v) is 9.17. The van der Waals surface area contributed by atoms with Gasteiger partial charge < -0.3 is 14.7 Å². The van der Waals surface area contributed by atoms with Gasteiger partial charge in [0.1, 0.15) is 16.5 Å². The van der Waals surface area contributed by atoms with Gasteiger partial charge in [0.05, 0.1) is 17.2 Å². The molecule has 1 atom stereocenters. The Bertz CT molecular complexity index is 996. The summed E-state index contributed by atoms with van der Waals surface area (Å²) in [6.45, 7) is -1.51. The minimum atomic E-state index is -4.97. The number of hydrogen-bond donors (Lipinski definition) is 1. The summed E-state index contributed by atoms with van der Waals surface area (Å²) in [6.07, 6.45) is -11.1. The highest BCUT2D eigenvalue weighted by Gasteiger charge is 2.47. The quantitative estimate of drug-likeness (QED) is 0.344. The van der Waals surface area contributed by atoms with E-state index >= 15 is 0 Å². The van der Waals surface area contributed by atoms with Gasteiger partial charge in [-0.25, -0.2) is 0 Å². The highest BCUT2D eigenvalue weighted by Crippen LogP contribution is 2.40. The Morgan fingerprint density at radius 2 is 1.63 bits per heavy atom. The average molecular weight is 546 g/mol. The largest absolute Gasteiger partial charge is 0.523 e. The predicted octanol–water partition coefficient (Wildman–Crippen LogP) is 7.75. The maximum Gasteiger partial charge on any atom is 0.523 e. The second kappa shape index (κ2) is 11.0. The minimum absolute atomic E-state index is 0.0133. The molecule has 35 heavy (non-hydrogen) atoms. The van der Waals surface area contributed by atoms with Gasteiger partial charge in [0, 0.05) is 18.3 Å². The summed E-state index contributed by atoms with van der Waals surface area (Å²) in [6, 6.07) is 10.4. The van der Waals surface area contributed by atoms with Crippen LogP contribution >= 0.6 is 23.2 Å². The van der Waals surface area contributed by atoms with E-state index in [-0.39, 0.29) is 40.1 Å². The molecule has 0 heterocycles.